The van der Waals surface area contributed by atoms with Crippen molar-refractivity contribution in [1.29, 1.82) is 0 Å². The lowest BCUT2D eigenvalue weighted by molar-refractivity contribution is 0.250. The molecule has 1 heterocycles. The summed E-state index contributed by atoms with van der Waals surface area (Å²) in [7, 11) is -1.66. The van der Waals surface area contributed by atoms with Gasteiger partial charge in [-0.05, 0) is 47.8 Å². The first-order valence-corrected chi connectivity index (χ1v) is 11.7. The number of rotatable bonds is 3. The Bertz CT molecular complexity index is 740. The maximum Gasteiger partial charge on any atom is 0.192 e. The molecule has 0 fully saturated rings. The van der Waals surface area contributed by atoms with E-state index in [0.717, 1.165) is 25.1 Å². The van der Waals surface area contributed by atoms with E-state index in [2.05, 4.69) is 63.1 Å². The van der Waals surface area contributed by atoms with Crippen molar-refractivity contribution < 1.29 is 4.43 Å². The number of nitrogens with zero attached hydrogens (tertiary/aromatic N) is 1. The highest BCUT2D eigenvalue weighted by Crippen LogP contribution is 2.37. The third-order valence-corrected chi connectivity index (χ3v) is 10.2. The molecule has 3 heteroatoms. The number of aliphatic imine (C=N–C) groups is 1. The Hall–Kier alpha value is -1.19. The number of benzene rings is 1. The zero-order chi connectivity index (χ0) is 16.7. The average molecular weight is 328 g/mol. The van der Waals surface area contributed by atoms with Crippen molar-refractivity contribution in [1.82, 2.24) is 0 Å². The highest BCUT2D eigenvalue weighted by atomic mass is 28.4. The molecule has 0 saturated heterocycles. The second kappa shape index (κ2) is 6.03. The first-order valence-electron chi connectivity index (χ1n) is 8.78. The fourth-order valence-electron chi connectivity index (χ4n) is 3.06. The predicted molar refractivity (Wildman–Crippen MR) is 102 cm³/mol. The van der Waals surface area contributed by atoms with Crippen molar-refractivity contribution in [2.24, 2.45) is 10.9 Å². The molecular weight excluding hydrogens is 298 g/mol. The molecule has 0 saturated carbocycles. The molecule has 0 spiro atoms. The number of fused-ring (bicyclic) bond motifs is 3. The number of hydrogen-bond acceptors (Lipinski definition) is 2. The van der Waals surface area contributed by atoms with E-state index >= 15 is 0 Å². The van der Waals surface area contributed by atoms with Crippen LogP contribution < -0.4 is 10.4 Å². The van der Waals surface area contributed by atoms with E-state index in [1.807, 2.05) is 6.21 Å². The molecule has 1 aliphatic heterocycles. The lowest BCUT2D eigenvalue weighted by Crippen LogP contribution is -2.42. The van der Waals surface area contributed by atoms with Crippen LogP contribution in [0.1, 0.15) is 39.2 Å². The fraction of sp³-hybridized carbons (Fsp3) is 0.550. The van der Waals surface area contributed by atoms with Gasteiger partial charge in [0.2, 0.25) is 0 Å². The minimum absolute atomic E-state index is 0.279. The molecule has 0 N–H and O–H groups in total. The minimum atomic E-state index is -1.66. The Morgan fingerprint density at radius 2 is 2.00 bits per heavy atom. The van der Waals surface area contributed by atoms with Gasteiger partial charge in [-0.2, -0.15) is 0 Å². The Kier molecular flexibility index (Phi) is 4.36. The van der Waals surface area contributed by atoms with Crippen molar-refractivity contribution in [2.45, 2.75) is 58.2 Å². The molecule has 0 unspecified atom stereocenters. The van der Waals surface area contributed by atoms with Gasteiger partial charge in [-0.15, -0.1) is 0 Å². The minimum Gasteiger partial charge on any atom is -0.416 e. The van der Waals surface area contributed by atoms with E-state index in [4.69, 9.17) is 4.43 Å². The van der Waals surface area contributed by atoms with E-state index < -0.39 is 8.32 Å². The molecule has 3 rings (SSSR count). The van der Waals surface area contributed by atoms with Crippen molar-refractivity contribution in [2.75, 3.05) is 6.61 Å². The van der Waals surface area contributed by atoms with Crippen molar-refractivity contribution in [3.8, 4) is 0 Å². The highest BCUT2D eigenvalue weighted by Gasteiger charge is 2.37. The van der Waals surface area contributed by atoms with Crippen LogP contribution in [0.4, 0.5) is 5.69 Å². The summed E-state index contributed by atoms with van der Waals surface area (Å²) in [6.45, 7) is 12.5. The standard InChI is InChI=1S/C20H29NOSi/c1-20(2,3)23(4,5)22-14-15-8-9-16-10-11-19-17(18(16)13-15)7-6-12-21-19/h7,10-13,15H,6,8-9,14H2,1-5H3/t15-/m1/s1. The molecule has 1 aromatic rings. The Morgan fingerprint density at radius 1 is 1.22 bits per heavy atom. The lowest BCUT2D eigenvalue weighted by Gasteiger charge is -2.37. The van der Waals surface area contributed by atoms with Crippen molar-refractivity contribution in [3.63, 3.8) is 0 Å². The Morgan fingerprint density at radius 3 is 2.74 bits per heavy atom. The first kappa shape index (κ1) is 16.7. The van der Waals surface area contributed by atoms with Crippen LogP contribution in [-0.2, 0) is 10.8 Å². The van der Waals surface area contributed by atoms with Gasteiger partial charge in [0.1, 0.15) is 0 Å². The number of hydrogen-bond donors (Lipinski definition) is 0. The zero-order valence-electron chi connectivity index (χ0n) is 15.1. The van der Waals surface area contributed by atoms with Crippen molar-refractivity contribution >= 4 is 32.4 Å². The largest absolute Gasteiger partial charge is 0.416 e. The van der Waals surface area contributed by atoms with Crippen LogP contribution in [0.5, 0.6) is 0 Å². The average Bonchev–Trinajstić information content (AvgIpc) is 2.51. The summed E-state index contributed by atoms with van der Waals surface area (Å²) >= 11 is 0. The van der Waals surface area contributed by atoms with E-state index in [-0.39, 0.29) is 5.04 Å². The SMILES string of the molecule is CC(C)(C)[Si](C)(C)OC[C@H]1C=c2c(ccc3c2=CCC=N3)CC1. The molecule has 0 aromatic heterocycles. The van der Waals surface area contributed by atoms with Gasteiger partial charge in [-0.3, -0.25) is 4.99 Å². The highest BCUT2D eigenvalue weighted by molar-refractivity contribution is 6.74. The van der Waals surface area contributed by atoms with E-state index in [1.54, 1.807) is 0 Å². The van der Waals surface area contributed by atoms with Gasteiger partial charge in [0.25, 0.3) is 0 Å². The van der Waals surface area contributed by atoms with E-state index in [1.165, 1.54) is 22.4 Å². The second-order valence-electron chi connectivity index (χ2n) is 8.36. The summed E-state index contributed by atoms with van der Waals surface area (Å²) < 4.78 is 6.46. The normalized spacial score (nSPS) is 20.3. The van der Waals surface area contributed by atoms with Crippen LogP contribution in [0.15, 0.2) is 17.1 Å². The summed E-state index contributed by atoms with van der Waals surface area (Å²) in [5, 5.41) is 3.03. The summed E-state index contributed by atoms with van der Waals surface area (Å²) in [5.41, 5.74) is 2.60. The molecule has 1 aliphatic carbocycles. The fourth-order valence-corrected chi connectivity index (χ4v) is 4.12. The molecule has 124 valence electrons. The van der Waals surface area contributed by atoms with Gasteiger partial charge in [-0.25, -0.2) is 0 Å². The third kappa shape index (κ3) is 3.36. The van der Waals surface area contributed by atoms with Crippen molar-refractivity contribution in [3.05, 3.63) is 28.1 Å². The molecule has 2 aliphatic rings. The summed E-state index contributed by atoms with van der Waals surface area (Å²) in [6, 6.07) is 4.42. The quantitative estimate of drug-likeness (QED) is 0.771. The second-order valence-corrected chi connectivity index (χ2v) is 13.2. The van der Waals surface area contributed by atoms with Gasteiger partial charge in [-0.1, -0.05) is 39.0 Å². The van der Waals surface area contributed by atoms with Crippen LogP contribution in [-0.4, -0.2) is 21.1 Å². The predicted octanol–water partition coefficient (Wildman–Crippen LogP) is 3.94. The van der Waals surface area contributed by atoms with Gasteiger partial charge < -0.3 is 4.43 Å². The summed E-state index contributed by atoms with van der Waals surface area (Å²) in [5.74, 6) is 0.530. The molecule has 23 heavy (non-hydrogen) atoms. The molecule has 1 aromatic carbocycles. The Balaban J connectivity index is 1.86. The molecular formula is C20H29NOSi. The van der Waals surface area contributed by atoms with Crippen LogP contribution in [0.2, 0.25) is 18.1 Å². The topological polar surface area (TPSA) is 21.6 Å². The van der Waals surface area contributed by atoms with Gasteiger partial charge >= 0.3 is 0 Å². The van der Waals surface area contributed by atoms with Crippen LogP contribution >= 0.6 is 0 Å². The first-order chi connectivity index (χ1) is 10.8. The van der Waals surface area contributed by atoms with E-state index in [9.17, 15) is 0 Å². The van der Waals surface area contributed by atoms with E-state index in [0.29, 0.717) is 5.92 Å². The molecule has 0 bridgehead atoms. The molecule has 2 nitrogen and oxygen atoms in total. The van der Waals surface area contributed by atoms with Crippen LogP contribution in [0.25, 0.3) is 12.2 Å². The Labute approximate surface area is 141 Å². The molecule has 0 radical (unpaired) electrons. The molecule has 1 atom stereocenters. The smallest absolute Gasteiger partial charge is 0.192 e. The monoisotopic (exact) mass is 327 g/mol. The van der Waals surface area contributed by atoms with Crippen LogP contribution in [0.3, 0.4) is 0 Å². The zero-order valence-corrected chi connectivity index (χ0v) is 16.1. The molecule has 0 amide bonds. The van der Waals surface area contributed by atoms with Gasteiger partial charge in [0.15, 0.2) is 8.32 Å². The van der Waals surface area contributed by atoms with Gasteiger partial charge in [0, 0.05) is 30.4 Å². The summed E-state index contributed by atoms with van der Waals surface area (Å²) in [6.07, 6.45) is 10.1. The number of aryl methyl sites for hydroxylation is 1. The summed E-state index contributed by atoms with van der Waals surface area (Å²) in [4.78, 5) is 4.54. The lowest BCUT2D eigenvalue weighted by atomic mass is 9.90. The maximum atomic E-state index is 6.46. The van der Waals surface area contributed by atoms with Crippen LogP contribution in [0, 0.1) is 5.92 Å². The van der Waals surface area contributed by atoms with Gasteiger partial charge in [0.05, 0.1) is 5.69 Å². The maximum absolute atomic E-state index is 6.46. The third-order valence-electron chi connectivity index (χ3n) is 5.66.